The molecule has 100 valence electrons. The molecule has 0 aliphatic carbocycles. The Balaban J connectivity index is 2.54. The molecule has 3 N–H and O–H groups in total. The van der Waals surface area contributed by atoms with Gasteiger partial charge in [-0.15, -0.1) is 0 Å². The van der Waals surface area contributed by atoms with Gasteiger partial charge in [0.2, 0.25) is 0 Å². The van der Waals surface area contributed by atoms with E-state index in [-0.39, 0.29) is 18.2 Å². The second-order valence-electron chi connectivity index (χ2n) is 3.84. The zero-order valence-electron chi connectivity index (χ0n) is 10.0. The Morgan fingerprint density at radius 3 is 3.11 bits per heavy atom. The van der Waals surface area contributed by atoms with Gasteiger partial charge >= 0.3 is 5.69 Å². The molecule has 0 unspecified atom stereocenters. The molecule has 8 heteroatoms. The number of rotatable bonds is 3. The minimum absolute atomic E-state index is 0.0684. The first-order valence-electron chi connectivity index (χ1n) is 5.38. The molecular weight excluding hydrogens is 317 g/mol. The number of aromatic nitrogens is 4. The van der Waals surface area contributed by atoms with Crippen molar-refractivity contribution in [2.45, 2.75) is 13.5 Å². The Morgan fingerprint density at radius 2 is 2.42 bits per heavy atom. The van der Waals surface area contributed by atoms with Gasteiger partial charge in [0.05, 0.1) is 17.9 Å². The summed E-state index contributed by atoms with van der Waals surface area (Å²) in [6.45, 7) is 1.37. The third kappa shape index (κ3) is 2.90. The second kappa shape index (κ2) is 5.35. The van der Waals surface area contributed by atoms with E-state index in [9.17, 15) is 9.18 Å². The number of allylic oxidation sites excluding steroid dienone is 2. The number of pyridine rings is 1. The van der Waals surface area contributed by atoms with Gasteiger partial charge in [-0.05, 0) is 35.0 Å². The van der Waals surface area contributed by atoms with Crippen LogP contribution in [0.5, 0.6) is 0 Å². The van der Waals surface area contributed by atoms with Gasteiger partial charge in [-0.1, -0.05) is 0 Å². The molecule has 0 atom stereocenters. The number of hydrogen-bond donors (Lipinski definition) is 2. The van der Waals surface area contributed by atoms with Gasteiger partial charge in [0.25, 0.3) is 0 Å². The number of nitrogen functional groups attached to an aromatic ring is 1. The Bertz CT molecular complexity index is 687. The van der Waals surface area contributed by atoms with Crippen molar-refractivity contribution in [3.8, 4) is 11.4 Å². The van der Waals surface area contributed by atoms with Crippen LogP contribution < -0.4 is 11.4 Å². The predicted octanol–water partition coefficient (Wildman–Crippen LogP) is 1.85. The summed E-state index contributed by atoms with van der Waals surface area (Å²) in [4.78, 5) is 15.6. The number of aromatic amines is 1. The van der Waals surface area contributed by atoms with Crippen LogP contribution in [0.3, 0.4) is 0 Å². The fraction of sp³-hybridized carbons (Fsp3) is 0.182. The van der Waals surface area contributed by atoms with Crippen LogP contribution in [0.25, 0.3) is 11.4 Å². The standard InChI is InChI=1S/C11H11BrFN5O/c1-6(13)2-3-18-10(16-17-11(18)19)8-4-7(12)5-15-9(8)14/h2,4-5H,3H2,1H3,(H2,14,15)(H,17,19)/b6-2+. The number of hydrogen-bond acceptors (Lipinski definition) is 4. The predicted molar refractivity (Wildman–Crippen MR) is 73.1 cm³/mol. The average Bonchev–Trinajstić information content (AvgIpc) is 2.71. The Labute approximate surface area is 116 Å². The minimum Gasteiger partial charge on any atom is -0.383 e. The molecule has 0 saturated heterocycles. The van der Waals surface area contributed by atoms with Crippen molar-refractivity contribution in [3.05, 3.63) is 39.1 Å². The Morgan fingerprint density at radius 1 is 1.68 bits per heavy atom. The number of H-pyrrole nitrogens is 1. The van der Waals surface area contributed by atoms with E-state index in [2.05, 4.69) is 31.1 Å². The zero-order valence-corrected chi connectivity index (χ0v) is 11.6. The van der Waals surface area contributed by atoms with Crippen molar-refractivity contribution < 1.29 is 4.39 Å². The molecule has 2 heterocycles. The summed E-state index contributed by atoms with van der Waals surface area (Å²) in [5.74, 6) is 0.178. The third-order valence-corrected chi connectivity index (χ3v) is 2.87. The van der Waals surface area contributed by atoms with E-state index < -0.39 is 5.69 Å². The van der Waals surface area contributed by atoms with Gasteiger partial charge < -0.3 is 5.73 Å². The molecule has 0 fully saturated rings. The smallest absolute Gasteiger partial charge is 0.343 e. The molecule has 0 saturated carbocycles. The molecule has 0 aliphatic rings. The molecule has 0 aliphatic heterocycles. The number of nitrogens with two attached hydrogens (primary N) is 1. The fourth-order valence-corrected chi connectivity index (χ4v) is 1.87. The van der Waals surface area contributed by atoms with E-state index in [1.807, 2.05) is 0 Å². The maximum atomic E-state index is 12.8. The number of anilines is 1. The van der Waals surface area contributed by atoms with Gasteiger partial charge in [0.15, 0.2) is 5.82 Å². The summed E-state index contributed by atoms with van der Waals surface area (Å²) in [6.07, 6.45) is 2.82. The van der Waals surface area contributed by atoms with Gasteiger partial charge in [-0.25, -0.2) is 19.3 Å². The highest BCUT2D eigenvalue weighted by atomic mass is 79.9. The number of nitrogens with one attached hydrogen (secondary N) is 1. The largest absolute Gasteiger partial charge is 0.383 e. The molecule has 0 spiro atoms. The lowest BCUT2D eigenvalue weighted by atomic mass is 10.2. The van der Waals surface area contributed by atoms with Crippen LogP contribution in [-0.4, -0.2) is 19.7 Å². The molecule has 19 heavy (non-hydrogen) atoms. The van der Waals surface area contributed by atoms with Crippen LogP contribution in [0.1, 0.15) is 6.92 Å². The lowest BCUT2D eigenvalue weighted by molar-refractivity contribution is 0.625. The monoisotopic (exact) mass is 327 g/mol. The topological polar surface area (TPSA) is 89.6 Å². The van der Waals surface area contributed by atoms with Crippen molar-refractivity contribution in [2.24, 2.45) is 0 Å². The maximum Gasteiger partial charge on any atom is 0.343 e. The van der Waals surface area contributed by atoms with E-state index in [4.69, 9.17) is 5.73 Å². The summed E-state index contributed by atoms with van der Waals surface area (Å²) >= 11 is 3.27. The van der Waals surface area contributed by atoms with Crippen molar-refractivity contribution in [1.82, 2.24) is 19.7 Å². The first-order chi connectivity index (χ1) is 8.99. The second-order valence-corrected chi connectivity index (χ2v) is 4.76. The zero-order chi connectivity index (χ0) is 14.0. The summed E-state index contributed by atoms with van der Waals surface area (Å²) < 4.78 is 14.8. The molecule has 0 bridgehead atoms. The van der Waals surface area contributed by atoms with Crippen LogP contribution in [0.4, 0.5) is 10.2 Å². The van der Waals surface area contributed by atoms with Gasteiger partial charge in [0.1, 0.15) is 5.82 Å². The first-order valence-corrected chi connectivity index (χ1v) is 6.17. The lowest BCUT2D eigenvalue weighted by Crippen LogP contribution is -2.17. The van der Waals surface area contributed by atoms with E-state index in [0.717, 1.165) is 0 Å². The van der Waals surface area contributed by atoms with E-state index >= 15 is 0 Å². The summed E-state index contributed by atoms with van der Waals surface area (Å²) in [6, 6.07) is 1.69. The minimum atomic E-state index is -0.438. The molecule has 2 rings (SSSR count). The molecule has 0 aromatic carbocycles. The van der Waals surface area contributed by atoms with E-state index in [0.29, 0.717) is 15.9 Å². The SMILES string of the molecule is C/C(F)=C\Cn1c(-c2cc(Br)cnc2N)n[nH]c1=O. The molecule has 0 radical (unpaired) electrons. The van der Waals surface area contributed by atoms with Gasteiger partial charge in [-0.2, -0.15) is 5.10 Å². The van der Waals surface area contributed by atoms with Crippen LogP contribution in [0, 0.1) is 0 Å². The molecule has 2 aromatic heterocycles. The van der Waals surface area contributed by atoms with Crippen LogP contribution in [0.2, 0.25) is 0 Å². The Hall–Kier alpha value is -1.96. The quantitative estimate of drug-likeness (QED) is 0.900. The lowest BCUT2D eigenvalue weighted by Gasteiger charge is -2.05. The third-order valence-electron chi connectivity index (χ3n) is 2.44. The molecular formula is C11H11BrFN5O. The molecule has 6 nitrogen and oxygen atoms in total. The summed E-state index contributed by atoms with van der Waals surface area (Å²) in [5.41, 5.74) is 5.82. The normalized spacial score (nSPS) is 11.8. The average molecular weight is 328 g/mol. The molecule has 2 aromatic rings. The highest BCUT2D eigenvalue weighted by molar-refractivity contribution is 9.10. The van der Waals surface area contributed by atoms with Crippen LogP contribution in [-0.2, 0) is 6.54 Å². The van der Waals surface area contributed by atoms with Crippen LogP contribution in [0.15, 0.2) is 33.4 Å². The maximum absolute atomic E-state index is 12.8. The molecule has 0 amide bonds. The van der Waals surface area contributed by atoms with Crippen molar-refractivity contribution in [3.63, 3.8) is 0 Å². The fourth-order valence-electron chi connectivity index (χ4n) is 1.54. The first kappa shape index (κ1) is 13.5. The van der Waals surface area contributed by atoms with E-state index in [1.165, 1.54) is 17.6 Å². The highest BCUT2D eigenvalue weighted by Crippen LogP contribution is 2.24. The number of halogens is 2. The highest BCUT2D eigenvalue weighted by Gasteiger charge is 2.14. The van der Waals surface area contributed by atoms with Gasteiger partial charge in [0, 0.05) is 10.7 Å². The van der Waals surface area contributed by atoms with E-state index in [1.54, 1.807) is 12.3 Å². The van der Waals surface area contributed by atoms with Crippen molar-refractivity contribution in [2.75, 3.05) is 5.73 Å². The Kier molecular flexibility index (Phi) is 3.79. The van der Waals surface area contributed by atoms with Crippen molar-refractivity contribution >= 4 is 21.7 Å². The van der Waals surface area contributed by atoms with Gasteiger partial charge in [-0.3, -0.25) is 4.57 Å². The summed E-state index contributed by atoms with van der Waals surface area (Å²) in [7, 11) is 0. The number of nitrogens with zero attached hydrogens (tertiary/aromatic N) is 3. The van der Waals surface area contributed by atoms with Crippen LogP contribution >= 0.6 is 15.9 Å². The van der Waals surface area contributed by atoms with Crippen molar-refractivity contribution in [1.29, 1.82) is 0 Å². The summed E-state index contributed by atoms with van der Waals surface area (Å²) in [5, 5.41) is 6.21.